The van der Waals surface area contributed by atoms with Gasteiger partial charge in [0.05, 0.1) is 5.56 Å². The van der Waals surface area contributed by atoms with Crippen molar-refractivity contribution in [3.63, 3.8) is 0 Å². The molecule has 0 aliphatic rings. The van der Waals surface area contributed by atoms with Crippen LogP contribution in [-0.2, 0) is 6.54 Å². The first kappa shape index (κ1) is 14.2. The lowest BCUT2D eigenvalue weighted by Crippen LogP contribution is -2.26. The Morgan fingerprint density at radius 1 is 1.21 bits per heavy atom. The van der Waals surface area contributed by atoms with Gasteiger partial charge in [-0.25, -0.2) is 0 Å². The largest absolute Gasteiger partial charge is 0.337 e. The van der Waals surface area contributed by atoms with Gasteiger partial charge in [-0.05, 0) is 51.8 Å². The fourth-order valence-electron chi connectivity index (χ4n) is 1.70. The SMILES string of the molecule is CN(Cc1ccncc1)C(=O)c1ccc(Br)cc1Br. The zero-order valence-corrected chi connectivity index (χ0v) is 13.5. The summed E-state index contributed by atoms with van der Waals surface area (Å²) in [4.78, 5) is 18.0. The second kappa shape index (κ2) is 6.30. The van der Waals surface area contributed by atoms with Crippen molar-refractivity contribution in [1.29, 1.82) is 0 Å². The van der Waals surface area contributed by atoms with Crippen molar-refractivity contribution < 1.29 is 4.79 Å². The van der Waals surface area contributed by atoms with Gasteiger partial charge in [-0.15, -0.1) is 0 Å². The summed E-state index contributed by atoms with van der Waals surface area (Å²) in [6.07, 6.45) is 3.45. The average molecular weight is 384 g/mol. The normalized spacial score (nSPS) is 10.3. The molecule has 0 aliphatic carbocycles. The molecule has 98 valence electrons. The number of rotatable bonds is 3. The molecule has 2 aromatic rings. The van der Waals surface area contributed by atoms with Crippen molar-refractivity contribution in [2.75, 3.05) is 7.05 Å². The smallest absolute Gasteiger partial charge is 0.255 e. The minimum absolute atomic E-state index is 0.0174. The molecule has 2 rings (SSSR count). The number of hydrogen-bond acceptors (Lipinski definition) is 2. The van der Waals surface area contributed by atoms with E-state index in [1.54, 1.807) is 30.4 Å². The van der Waals surface area contributed by atoms with Crippen LogP contribution in [0.5, 0.6) is 0 Å². The molecule has 0 N–H and O–H groups in total. The van der Waals surface area contributed by atoms with Crippen LogP contribution in [0.1, 0.15) is 15.9 Å². The highest BCUT2D eigenvalue weighted by atomic mass is 79.9. The van der Waals surface area contributed by atoms with Gasteiger partial charge in [0.25, 0.3) is 5.91 Å². The molecule has 0 aliphatic heterocycles. The maximum atomic E-state index is 12.3. The average Bonchev–Trinajstić information content (AvgIpc) is 2.39. The number of pyridine rings is 1. The molecule has 1 aromatic carbocycles. The molecule has 3 nitrogen and oxygen atoms in total. The lowest BCUT2D eigenvalue weighted by Gasteiger charge is -2.18. The van der Waals surface area contributed by atoms with E-state index in [1.165, 1.54) is 0 Å². The van der Waals surface area contributed by atoms with E-state index in [1.807, 2.05) is 24.3 Å². The maximum absolute atomic E-state index is 12.3. The van der Waals surface area contributed by atoms with Crippen LogP contribution in [0.4, 0.5) is 0 Å². The lowest BCUT2D eigenvalue weighted by molar-refractivity contribution is 0.0784. The second-order valence-electron chi connectivity index (χ2n) is 4.14. The monoisotopic (exact) mass is 382 g/mol. The fourth-order valence-corrected chi connectivity index (χ4v) is 2.92. The number of aromatic nitrogens is 1. The highest BCUT2D eigenvalue weighted by Crippen LogP contribution is 2.23. The molecule has 19 heavy (non-hydrogen) atoms. The van der Waals surface area contributed by atoms with Gasteiger partial charge < -0.3 is 4.90 Å². The first-order valence-corrected chi connectivity index (χ1v) is 7.26. The first-order valence-electron chi connectivity index (χ1n) is 5.67. The van der Waals surface area contributed by atoms with Crippen LogP contribution in [0.2, 0.25) is 0 Å². The number of halogens is 2. The van der Waals surface area contributed by atoms with Gasteiger partial charge in [-0.1, -0.05) is 15.9 Å². The van der Waals surface area contributed by atoms with E-state index in [9.17, 15) is 4.79 Å². The predicted molar refractivity (Wildman–Crippen MR) is 81.9 cm³/mol. The Kier molecular flexibility index (Phi) is 4.71. The van der Waals surface area contributed by atoms with E-state index < -0.39 is 0 Å². The number of benzene rings is 1. The Balaban J connectivity index is 2.15. The van der Waals surface area contributed by atoms with Gasteiger partial charge in [0.2, 0.25) is 0 Å². The topological polar surface area (TPSA) is 33.2 Å². The number of nitrogens with zero attached hydrogens (tertiary/aromatic N) is 2. The molecule has 0 bridgehead atoms. The van der Waals surface area contributed by atoms with Gasteiger partial charge in [-0.2, -0.15) is 0 Å². The summed E-state index contributed by atoms with van der Waals surface area (Å²) >= 11 is 6.79. The highest BCUT2D eigenvalue weighted by molar-refractivity contribution is 9.11. The fraction of sp³-hybridized carbons (Fsp3) is 0.143. The standard InChI is InChI=1S/C14H12Br2N2O/c1-18(9-10-4-6-17-7-5-10)14(19)12-3-2-11(15)8-13(12)16/h2-8H,9H2,1H3. The summed E-state index contributed by atoms with van der Waals surface area (Å²) in [7, 11) is 1.79. The van der Waals surface area contributed by atoms with E-state index in [-0.39, 0.29) is 5.91 Å². The van der Waals surface area contributed by atoms with Crippen molar-refractivity contribution in [3.8, 4) is 0 Å². The van der Waals surface area contributed by atoms with Crippen molar-refractivity contribution in [1.82, 2.24) is 9.88 Å². The summed E-state index contributed by atoms with van der Waals surface area (Å²) in [5, 5.41) is 0. The molecule has 0 fully saturated rings. The minimum atomic E-state index is -0.0174. The zero-order chi connectivity index (χ0) is 13.8. The van der Waals surface area contributed by atoms with E-state index in [0.717, 1.165) is 14.5 Å². The van der Waals surface area contributed by atoms with E-state index in [4.69, 9.17) is 0 Å². The van der Waals surface area contributed by atoms with Crippen molar-refractivity contribution in [3.05, 3.63) is 62.8 Å². The molecule has 0 radical (unpaired) electrons. The van der Waals surface area contributed by atoms with E-state index in [0.29, 0.717) is 12.1 Å². The Bertz CT molecular complexity index is 587. The number of hydrogen-bond donors (Lipinski definition) is 0. The molecule has 5 heteroatoms. The number of carbonyl (C=O) groups excluding carboxylic acids is 1. The van der Waals surface area contributed by atoms with Crippen LogP contribution in [-0.4, -0.2) is 22.8 Å². The molecular formula is C14H12Br2N2O. The minimum Gasteiger partial charge on any atom is -0.337 e. The molecular weight excluding hydrogens is 372 g/mol. The molecule has 0 spiro atoms. The third kappa shape index (κ3) is 3.64. The highest BCUT2D eigenvalue weighted by Gasteiger charge is 2.15. The zero-order valence-electron chi connectivity index (χ0n) is 10.3. The summed E-state index contributed by atoms with van der Waals surface area (Å²) in [5.41, 5.74) is 1.71. The van der Waals surface area contributed by atoms with Crippen molar-refractivity contribution >= 4 is 37.8 Å². The third-order valence-electron chi connectivity index (χ3n) is 2.68. The van der Waals surface area contributed by atoms with Crippen molar-refractivity contribution in [2.45, 2.75) is 6.54 Å². The molecule has 1 aromatic heterocycles. The molecule has 1 heterocycles. The summed E-state index contributed by atoms with van der Waals surface area (Å²) in [6, 6.07) is 9.34. The molecule has 0 saturated heterocycles. The van der Waals surface area contributed by atoms with Crippen LogP contribution in [0.15, 0.2) is 51.7 Å². The summed E-state index contributed by atoms with van der Waals surface area (Å²) < 4.78 is 1.72. The van der Waals surface area contributed by atoms with E-state index in [2.05, 4.69) is 36.8 Å². The first-order chi connectivity index (χ1) is 9.08. The van der Waals surface area contributed by atoms with Crippen LogP contribution in [0, 0.1) is 0 Å². The molecule has 0 atom stereocenters. The quantitative estimate of drug-likeness (QED) is 0.805. The Labute approximate surface area is 128 Å². The predicted octanol–water partition coefficient (Wildman–Crippen LogP) is 3.88. The van der Waals surface area contributed by atoms with Gasteiger partial charge in [-0.3, -0.25) is 9.78 Å². The molecule has 0 saturated carbocycles. The van der Waals surface area contributed by atoms with Crippen LogP contribution < -0.4 is 0 Å². The van der Waals surface area contributed by atoms with Crippen molar-refractivity contribution in [2.24, 2.45) is 0 Å². The third-order valence-corrected chi connectivity index (χ3v) is 3.83. The summed E-state index contributed by atoms with van der Waals surface area (Å²) in [6.45, 7) is 0.559. The van der Waals surface area contributed by atoms with Crippen LogP contribution in [0.3, 0.4) is 0 Å². The molecule has 1 amide bonds. The number of carbonyl (C=O) groups is 1. The Morgan fingerprint density at radius 3 is 2.53 bits per heavy atom. The molecule has 0 unspecified atom stereocenters. The van der Waals surface area contributed by atoms with Gasteiger partial charge in [0.15, 0.2) is 0 Å². The summed E-state index contributed by atoms with van der Waals surface area (Å²) in [5.74, 6) is -0.0174. The van der Waals surface area contributed by atoms with Crippen LogP contribution in [0.25, 0.3) is 0 Å². The second-order valence-corrected chi connectivity index (χ2v) is 5.91. The van der Waals surface area contributed by atoms with Gasteiger partial charge in [0.1, 0.15) is 0 Å². The van der Waals surface area contributed by atoms with Gasteiger partial charge >= 0.3 is 0 Å². The van der Waals surface area contributed by atoms with Crippen LogP contribution >= 0.6 is 31.9 Å². The Hall–Kier alpha value is -1.20. The lowest BCUT2D eigenvalue weighted by atomic mass is 10.2. The van der Waals surface area contributed by atoms with Gasteiger partial charge in [0, 0.05) is 34.9 Å². The maximum Gasteiger partial charge on any atom is 0.255 e. The Morgan fingerprint density at radius 2 is 1.89 bits per heavy atom. The number of amides is 1. The van der Waals surface area contributed by atoms with E-state index >= 15 is 0 Å².